The van der Waals surface area contributed by atoms with E-state index in [4.69, 9.17) is 4.74 Å². The first kappa shape index (κ1) is 17.7. The van der Waals surface area contributed by atoms with Crippen LogP contribution in [0.4, 0.5) is 10.1 Å². The van der Waals surface area contributed by atoms with E-state index in [1.807, 2.05) is 0 Å². The monoisotopic (exact) mass is 356 g/mol. The van der Waals surface area contributed by atoms with Crippen molar-refractivity contribution in [3.63, 3.8) is 0 Å². The number of aryl methyl sites for hydroxylation is 1. The van der Waals surface area contributed by atoms with Crippen LogP contribution < -0.4 is 10.9 Å². The second-order valence-electron chi connectivity index (χ2n) is 5.57. The summed E-state index contributed by atoms with van der Waals surface area (Å²) in [6, 6.07) is 8.62. The Morgan fingerprint density at radius 2 is 2.04 bits per heavy atom. The van der Waals surface area contributed by atoms with Gasteiger partial charge in [0.25, 0.3) is 11.5 Å². The lowest BCUT2D eigenvalue weighted by molar-refractivity contribution is 0.102. The number of pyridine rings is 1. The third-order valence-electron chi connectivity index (χ3n) is 3.75. The normalized spacial score (nSPS) is 10.8. The van der Waals surface area contributed by atoms with Crippen molar-refractivity contribution in [1.29, 1.82) is 0 Å². The largest absolute Gasteiger partial charge is 0.385 e. The molecule has 8 heteroatoms. The number of carbonyl (C=O) groups excluding carboxylic acids is 1. The van der Waals surface area contributed by atoms with Gasteiger partial charge < -0.3 is 10.1 Å². The highest BCUT2D eigenvalue weighted by atomic mass is 19.1. The van der Waals surface area contributed by atoms with Crippen LogP contribution in [0.3, 0.4) is 0 Å². The average molecular weight is 356 g/mol. The van der Waals surface area contributed by atoms with Gasteiger partial charge in [0.2, 0.25) is 0 Å². The van der Waals surface area contributed by atoms with Crippen LogP contribution in [0.15, 0.2) is 47.4 Å². The highest BCUT2D eigenvalue weighted by Crippen LogP contribution is 2.11. The maximum atomic E-state index is 13.0. The molecule has 2 aromatic heterocycles. The summed E-state index contributed by atoms with van der Waals surface area (Å²) in [5.41, 5.74) is 0.440. The van der Waals surface area contributed by atoms with E-state index in [0.717, 1.165) is 0 Å². The predicted octanol–water partition coefficient (Wildman–Crippen LogP) is 2.22. The molecule has 2 heterocycles. The van der Waals surface area contributed by atoms with Crippen molar-refractivity contribution in [3.8, 4) is 0 Å². The van der Waals surface area contributed by atoms with E-state index in [1.165, 1.54) is 28.8 Å². The summed E-state index contributed by atoms with van der Waals surface area (Å²) in [4.78, 5) is 33.6. The molecule has 0 unspecified atom stereocenters. The molecule has 26 heavy (non-hydrogen) atoms. The number of halogens is 1. The fraction of sp³-hybridized carbons (Fsp3) is 0.222. The first-order valence-electron chi connectivity index (χ1n) is 8.01. The Hall–Kier alpha value is -3.13. The number of ether oxygens (including phenoxy) is 1. The highest BCUT2D eigenvalue weighted by Gasteiger charge is 2.18. The molecule has 0 aliphatic carbocycles. The molecule has 0 aliphatic rings. The molecule has 0 atom stereocenters. The molecule has 0 bridgehead atoms. The topological polar surface area (TPSA) is 86.1 Å². The number of nitrogens with one attached hydrogen (secondary N) is 1. The molecule has 0 saturated carbocycles. The Morgan fingerprint density at radius 1 is 1.27 bits per heavy atom. The standard InChI is InChI=1S/C18H17FN4O3/c1-26-11-3-10-23-16-14(4-2-9-20-16)22-15(18(23)25)17(24)21-13-7-5-12(19)6-8-13/h2,4-9H,3,10-11H2,1H3,(H,21,24). The van der Waals surface area contributed by atoms with Crippen LogP contribution in [0.2, 0.25) is 0 Å². The lowest BCUT2D eigenvalue weighted by Gasteiger charge is -2.11. The quantitative estimate of drug-likeness (QED) is 0.685. The summed E-state index contributed by atoms with van der Waals surface area (Å²) in [5.74, 6) is -1.08. The second-order valence-corrected chi connectivity index (χ2v) is 5.57. The highest BCUT2D eigenvalue weighted by molar-refractivity contribution is 6.03. The van der Waals surface area contributed by atoms with Crippen LogP contribution in [0.5, 0.6) is 0 Å². The number of aromatic nitrogens is 3. The van der Waals surface area contributed by atoms with Crippen molar-refractivity contribution in [2.75, 3.05) is 19.0 Å². The number of anilines is 1. The number of benzene rings is 1. The Bertz CT molecular complexity index is 986. The zero-order valence-electron chi connectivity index (χ0n) is 14.1. The molecule has 3 rings (SSSR count). The minimum absolute atomic E-state index is 0.243. The minimum atomic E-state index is -0.659. The third-order valence-corrected chi connectivity index (χ3v) is 3.75. The van der Waals surface area contributed by atoms with Crippen LogP contribution >= 0.6 is 0 Å². The average Bonchev–Trinajstić information content (AvgIpc) is 2.65. The van der Waals surface area contributed by atoms with Gasteiger partial charge in [-0.3, -0.25) is 14.2 Å². The number of methoxy groups -OCH3 is 1. The Labute approximate surface area is 148 Å². The van der Waals surface area contributed by atoms with Crippen molar-refractivity contribution in [2.45, 2.75) is 13.0 Å². The molecule has 0 radical (unpaired) electrons. The van der Waals surface area contributed by atoms with Gasteiger partial charge in [-0.05, 0) is 42.8 Å². The van der Waals surface area contributed by atoms with E-state index in [2.05, 4.69) is 15.3 Å². The first-order chi connectivity index (χ1) is 12.6. The summed E-state index contributed by atoms with van der Waals surface area (Å²) in [6.45, 7) is 0.819. The van der Waals surface area contributed by atoms with Gasteiger partial charge >= 0.3 is 0 Å². The van der Waals surface area contributed by atoms with E-state index in [-0.39, 0.29) is 5.69 Å². The molecule has 1 N–H and O–H groups in total. The molecule has 0 spiro atoms. The first-order valence-corrected chi connectivity index (χ1v) is 8.01. The van der Waals surface area contributed by atoms with Crippen LogP contribution in [-0.4, -0.2) is 34.2 Å². The van der Waals surface area contributed by atoms with E-state index in [1.54, 1.807) is 25.4 Å². The van der Waals surface area contributed by atoms with E-state index in [9.17, 15) is 14.0 Å². The maximum absolute atomic E-state index is 13.0. The maximum Gasteiger partial charge on any atom is 0.283 e. The van der Waals surface area contributed by atoms with Gasteiger partial charge in [0.1, 0.15) is 11.3 Å². The smallest absolute Gasteiger partial charge is 0.283 e. The van der Waals surface area contributed by atoms with Crippen LogP contribution in [0, 0.1) is 5.82 Å². The molecule has 0 aliphatic heterocycles. The lowest BCUT2D eigenvalue weighted by atomic mass is 10.3. The number of rotatable bonds is 6. The third kappa shape index (κ3) is 3.75. The van der Waals surface area contributed by atoms with E-state index in [0.29, 0.717) is 36.4 Å². The van der Waals surface area contributed by atoms with Gasteiger partial charge in [0, 0.05) is 32.1 Å². The molecule has 1 aromatic carbocycles. The second kappa shape index (κ2) is 7.83. The molecule has 1 amide bonds. The number of amides is 1. The van der Waals surface area contributed by atoms with E-state index < -0.39 is 17.3 Å². The van der Waals surface area contributed by atoms with Crippen molar-refractivity contribution in [1.82, 2.24) is 14.5 Å². The lowest BCUT2D eigenvalue weighted by Crippen LogP contribution is -2.32. The van der Waals surface area contributed by atoms with Crippen molar-refractivity contribution in [2.24, 2.45) is 0 Å². The van der Waals surface area contributed by atoms with Gasteiger partial charge in [-0.25, -0.2) is 14.4 Å². The fourth-order valence-electron chi connectivity index (χ4n) is 2.52. The van der Waals surface area contributed by atoms with Crippen LogP contribution in [0.25, 0.3) is 11.2 Å². The molecular weight excluding hydrogens is 339 g/mol. The Morgan fingerprint density at radius 3 is 2.77 bits per heavy atom. The SMILES string of the molecule is COCCCn1c(=O)c(C(=O)Nc2ccc(F)cc2)nc2cccnc21. The van der Waals surface area contributed by atoms with E-state index >= 15 is 0 Å². The molecule has 0 saturated heterocycles. The van der Waals surface area contributed by atoms with Crippen LogP contribution in [-0.2, 0) is 11.3 Å². The number of nitrogens with zero attached hydrogens (tertiary/aromatic N) is 3. The summed E-state index contributed by atoms with van der Waals surface area (Å²) < 4.78 is 19.4. The minimum Gasteiger partial charge on any atom is -0.385 e. The molecule has 3 aromatic rings. The van der Waals surface area contributed by atoms with Gasteiger partial charge in [-0.15, -0.1) is 0 Å². The number of hydrogen-bond donors (Lipinski definition) is 1. The van der Waals surface area contributed by atoms with Crippen LogP contribution in [0.1, 0.15) is 16.9 Å². The summed E-state index contributed by atoms with van der Waals surface area (Å²) in [5, 5.41) is 2.56. The summed E-state index contributed by atoms with van der Waals surface area (Å²) in [7, 11) is 1.58. The van der Waals surface area contributed by atoms with Crippen molar-refractivity contribution >= 4 is 22.8 Å². The number of carbonyl (C=O) groups is 1. The molecule has 7 nitrogen and oxygen atoms in total. The molecule has 0 fully saturated rings. The van der Waals surface area contributed by atoms with Crippen molar-refractivity contribution < 1.29 is 13.9 Å². The summed E-state index contributed by atoms with van der Waals surface area (Å²) in [6.07, 6.45) is 2.15. The number of fused-ring (bicyclic) bond motifs is 1. The molecular formula is C18H17FN4O3. The zero-order valence-corrected chi connectivity index (χ0v) is 14.1. The predicted molar refractivity (Wildman–Crippen MR) is 94.6 cm³/mol. The van der Waals surface area contributed by atoms with Gasteiger partial charge in [-0.1, -0.05) is 0 Å². The Balaban J connectivity index is 1.99. The summed E-state index contributed by atoms with van der Waals surface area (Å²) >= 11 is 0. The number of hydrogen-bond acceptors (Lipinski definition) is 5. The van der Waals surface area contributed by atoms with Crippen molar-refractivity contribution in [3.05, 3.63) is 64.5 Å². The fourth-order valence-corrected chi connectivity index (χ4v) is 2.52. The molecule has 134 valence electrons. The van der Waals surface area contributed by atoms with Gasteiger partial charge in [0.15, 0.2) is 11.3 Å². The van der Waals surface area contributed by atoms with Gasteiger partial charge in [0.05, 0.1) is 0 Å². The zero-order chi connectivity index (χ0) is 18.5. The Kier molecular flexibility index (Phi) is 5.33. The van der Waals surface area contributed by atoms with Gasteiger partial charge in [-0.2, -0.15) is 0 Å².